The summed E-state index contributed by atoms with van der Waals surface area (Å²) in [5, 5.41) is 0. The Balaban J connectivity index is 4.58. The molecule has 336 valence electrons. The van der Waals surface area contributed by atoms with Crippen LogP contribution in [0.4, 0.5) is 0 Å². The Kier molecular flexibility index (Phi) is 18.3. The van der Waals surface area contributed by atoms with Crippen LogP contribution in [0.5, 0.6) is 0 Å². The highest BCUT2D eigenvalue weighted by Crippen LogP contribution is 2.40. The molecular formula is C32H72O20Si4. The molecule has 0 aromatic carbocycles. The van der Waals surface area contributed by atoms with Crippen molar-refractivity contribution in [3.05, 3.63) is 0 Å². The summed E-state index contributed by atoms with van der Waals surface area (Å²) in [5.74, 6) is 0. The van der Waals surface area contributed by atoms with E-state index in [1.54, 1.807) is 166 Å². The second kappa shape index (κ2) is 19.0. The minimum absolute atomic E-state index is 1.06. The number of hydrogen-bond donors (Lipinski definition) is 0. The average Bonchev–Trinajstić information content (AvgIpc) is 2.93. The van der Waals surface area contributed by atoms with E-state index in [0.29, 0.717) is 0 Å². The molecule has 1 aliphatic heterocycles. The first-order valence-electron chi connectivity index (χ1n) is 18.2. The zero-order valence-corrected chi connectivity index (χ0v) is 42.2. The maximum Gasteiger partial charge on any atom is 0.724 e. The smallest absolute Gasteiger partial charge is 0.321 e. The molecule has 0 amide bonds. The summed E-state index contributed by atoms with van der Waals surface area (Å²) in [7, 11) is -21.5. The summed E-state index contributed by atoms with van der Waals surface area (Å²) in [4.78, 5) is 46.3. The zero-order valence-electron chi connectivity index (χ0n) is 38.2. The van der Waals surface area contributed by atoms with Gasteiger partial charge in [-0.3, -0.25) is 0 Å². The minimum atomic E-state index is -5.38. The molecule has 0 aromatic heterocycles. The van der Waals surface area contributed by atoms with Gasteiger partial charge in [0.2, 0.25) is 0 Å². The molecule has 1 saturated heterocycles. The SMILES string of the molecule is CC(C)(C)OO[Si]1(OOC(C)(C)C)O[Si](OOC(C)(C)C)(OOC(C)(C)C)O[Si](OOC(C)(C)C)(OOC(C)(C)C)O[Si](OOC(C)(C)C)(OOC(C)(C)C)O1. The molecule has 0 unspecified atom stereocenters. The van der Waals surface area contributed by atoms with Gasteiger partial charge in [-0.1, -0.05) is 0 Å². The minimum Gasteiger partial charge on any atom is -0.321 e. The van der Waals surface area contributed by atoms with E-state index in [-0.39, 0.29) is 0 Å². The van der Waals surface area contributed by atoms with E-state index in [1.165, 1.54) is 0 Å². The lowest BCUT2D eigenvalue weighted by molar-refractivity contribution is -0.431. The van der Waals surface area contributed by atoms with Gasteiger partial charge >= 0.3 is 36.2 Å². The molecule has 0 saturated carbocycles. The van der Waals surface area contributed by atoms with Gasteiger partial charge in [0, 0.05) is 0 Å². The van der Waals surface area contributed by atoms with Gasteiger partial charge < -0.3 is 16.5 Å². The summed E-state index contributed by atoms with van der Waals surface area (Å²) >= 11 is 0. The quantitative estimate of drug-likeness (QED) is 0.0830. The third-order valence-electron chi connectivity index (χ3n) is 4.15. The summed E-state index contributed by atoms with van der Waals surface area (Å²) < 4.78 is 74.2. The van der Waals surface area contributed by atoms with Crippen LogP contribution in [-0.4, -0.2) is 81.0 Å². The van der Waals surface area contributed by atoms with Gasteiger partial charge in [-0.05, 0) is 166 Å². The molecule has 0 aromatic rings. The van der Waals surface area contributed by atoms with E-state index in [1.807, 2.05) is 0 Å². The first-order valence-corrected chi connectivity index (χ1v) is 24.8. The predicted octanol–water partition coefficient (Wildman–Crippen LogP) is 7.78. The van der Waals surface area contributed by atoms with Crippen LogP contribution in [0.1, 0.15) is 166 Å². The van der Waals surface area contributed by atoms with Crippen molar-refractivity contribution in [3.8, 4) is 0 Å². The van der Waals surface area contributed by atoms with Crippen LogP contribution in [0, 0.1) is 0 Å². The van der Waals surface area contributed by atoms with Crippen molar-refractivity contribution in [1.82, 2.24) is 0 Å². The Morgan fingerprint density at radius 1 is 0.196 bits per heavy atom. The van der Waals surface area contributed by atoms with Crippen LogP contribution in [0.25, 0.3) is 0 Å². The normalized spacial score (nSPS) is 20.1. The summed E-state index contributed by atoms with van der Waals surface area (Å²) in [6, 6.07) is 0. The monoisotopic (exact) mass is 888 g/mol. The van der Waals surface area contributed by atoms with Crippen LogP contribution in [-0.2, 0) is 92.2 Å². The Hall–Kier alpha value is 0.0675. The van der Waals surface area contributed by atoms with Crippen molar-refractivity contribution in [3.63, 3.8) is 0 Å². The van der Waals surface area contributed by atoms with Crippen molar-refractivity contribution in [2.45, 2.75) is 211 Å². The van der Waals surface area contributed by atoms with E-state index < -0.39 is 81.0 Å². The van der Waals surface area contributed by atoms with Crippen LogP contribution in [0.15, 0.2) is 0 Å². The lowest BCUT2D eigenvalue weighted by atomic mass is 10.2. The fourth-order valence-electron chi connectivity index (χ4n) is 2.43. The van der Waals surface area contributed by atoms with Crippen molar-refractivity contribution in [2.75, 3.05) is 0 Å². The summed E-state index contributed by atoms with van der Waals surface area (Å²) in [5.41, 5.74) is -8.45. The molecule has 1 heterocycles. The third-order valence-corrected chi connectivity index (χ3v) is 14.4. The van der Waals surface area contributed by atoms with Crippen molar-refractivity contribution >= 4 is 36.2 Å². The fourth-order valence-corrected chi connectivity index (χ4v) is 14.6. The third kappa shape index (κ3) is 23.8. The van der Waals surface area contributed by atoms with Gasteiger partial charge in [0.1, 0.15) is 0 Å². The van der Waals surface area contributed by atoms with Crippen LogP contribution >= 0.6 is 0 Å². The Labute approximate surface area is 338 Å². The lowest BCUT2D eigenvalue weighted by Gasteiger charge is -2.44. The highest BCUT2D eigenvalue weighted by Gasteiger charge is 2.81. The number of hydrogen-bond acceptors (Lipinski definition) is 20. The molecule has 0 bridgehead atoms. The van der Waals surface area contributed by atoms with E-state index in [4.69, 9.17) is 92.2 Å². The molecule has 1 aliphatic rings. The topological polar surface area (TPSA) is 185 Å². The van der Waals surface area contributed by atoms with Crippen molar-refractivity contribution in [1.29, 1.82) is 0 Å². The number of rotatable bonds is 16. The van der Waals surface area contributed by atoms with Crippen LogP contribution in [0.2, 0.25) is 0 Å². The Morgan fingerprint density at radius 2 is 0.286 bits per heavy atom. The highest BCUT2D eigenvalue weighted by molar-refractivity contribution is 6.82. The Bertz CT molecular complexity index is 915. The lowest BCUT2D eigenvalue weighted by Crippen LogP contribution is -2.77. The predicted molar refractivity (Wildman–Crippen MR) is 203 cm³/mol. The van der Waals surface area contributed by atoms with Gasteiger partial charge in [0.15, 0.2) is 0 Å². The van der Waals surface area contributed by atoms with Gasteiger partial charge in [-0.15, -0.1) is 0 Å². The molecule has 56 heavy (non-hydrogen) atoms. The van der Waals surface area contributed by atoms with Gasteiger partial charge in [-0.2, -0.15) is 36.6 Å². The summed E-state index contributed by atoms with van der Waals surface area (Å²) in [6.07, 6.45) is 0. The second-order valence-electron chi connectivity index (χ2n) is 20.6. The van der Waals surface area contributed by atoms with E-state index in [9.17, 15) is 0 Å². The standard InChI is InChI=1S/C32H72O20Si4/c1-25(2,3)33-41-53(42-34-26(4,5)6)49-54(43-35-27(7,8)9,44-36-28(10,11)12)51-56(47-39-31(19,20)21,48-40-32(22,23)24)52-55(50-53,45-37-29(13,14)15)46-38-30(16,17)18/h1-24H3. The molecule has 24 heteroatoms. The first-order chi connectivity index (χ1) is 24.5. The zero-order chi connectivity index (χ0) is 44.1. The molecule has 20 nitrogen and oxygen atoms in total. The maximum atomic E-state index is 6.58. The average molecular weight is 889 g/mol. The highest BCUT2D eigenvalue weighted by atomic mass is 28.6. The summed E-state index contributed by atoms with van der Waals surface area (Å²) in [6.45, 7) is 40.2. The molecule has 0 spiro atoms. The molecule has 0 N–H and O–H groups in total. The van der Waals surface area contributed by atoms with Crippen molar-refractivity contribution < 1.29 is 92.2 Å². The van der Waals surface area contributed by atoms with E-state index in [2.05, 4.69) is 0 Å². The van der Waals surface area contributed by atoms with Gasteiger partial charge in [0.05, 0.1) is 44.8 Å². The molecule has 0 atom stereocenters. The first kappa shape index (κ1) is 54.1. The molecular weight excluding hydrogens is 817 g/mol. The van der Waals surface area contributed by atoms with Gasteiger partial charge in [0.25, 0.3) is 0 Å². The maximum absolute atomic E-state index is 6.58. The second-order valence-corrected chi connectivity index (χ2v) is 29.2. The molecule has 0 aliphatic carbocycles. The molecule has 1 rings (SSSR count). The van der Waals surface area contributed by atoms with Crippen LogP contribution < -0.4 is 0 Å². The molecule has 0 radical (unpaired) electrons. The van der Waals surface area contributed by atoms with E-state index >= 15 is 0 Å². The van der Waals surface area contributed by atoms with E-state index in [0.717, 1.165) is 0 Å². The fraction of sp³-hybridized carbons (Fsp3) is 1.00. The Morgan fingerprint density at radius 3 is 0.357 bits per heavy atom. The van der Waals surface area contributed by atoms with Crippen molar-refractivity contribution in [2.24, 2.45) is 0 Å². The van der Waals surface area contributed by atoms with Gasteiger partial charge in [-0.25, -0.2) is 39.1 Å². The largest absolute Gasteiger partial charge is 0.724 e. The van der Waals surface area contributed by atoms with Crippen LogP contribution in [0.3, 0.4) is 0 Å². The molecule has 1 fully saturated rings.